The Morgan fingerprint density at radius 1 is 1.32 bits per heavy atom. The summed E-state index contributed by atoms with van der Waals surface area (Å²) < 4.78 is 24.7. The average molecular weight is 506 g/mol. The van der Waals surface area contributed by atoms with Crippen molar-refractivity contribution in [1.29, 1.82) is 0 Å². The molecule has 0 saturated carbocycles. The van der Waals surface area contributed by atoms with E-state index in [0.717, 1.165) is 42.5 Å². The Hall–Kier alpha value is -1.13. The van der Waals surface area contributed by atoms with Crippen LogP contribution in [0.3, 0.4) is 0 Å². The molecule has 1 atom stereocenters. The Labute approximate surface area is 184 Å². The number of fused-ring (bicyclic) bond motifs is 1. The zero-order chi connectivity index (χ0) is 19.1. The van der Waals surface area contributed by atoms with Gasteiger partial charge in [0, 0.05) is 24.7 Å². The molecule has 6 nitrogen and oxygen atoms in total. The first-order valence-electron chi connectivity index (χ1n) is 9.99. The lowest BCUT2D eigenvalue weighted by atomic mass is 10.1. The number of hydrogen-bond donors (Lipinski definition) is 2. The third-order valence-corrected chi connectivity index (χ3v) is 5.15. The molecule has 3 rings (SSSR count). The van der Waals surface area contributed by atoms with Crippen LogP contribution >= 0.6 is 24.0 Å². The van der Waals surface area contributed by atoms with Crippen LogP contribution in [0.25, 0.3) is 0 Å². The topological polar surface area (TPSA) is 58.1 Å². The molecular formula is C20H32FIN4O2. The van der Waals surface area contributed by atoms with E-state index in [9.17, 15) is 4.39 Å². The molecule has 1 unspecified atom stereocenters. The number of guanidine groups is 1. The number of halogens is 2. The SMILES string of the molecule is CCNC(=NCC1CCCN1CC)NCCc1cc(F)cc2c1OCOC2.I. The molecule has 0 bridgehead atoms. The summed E-state index contributed by atoms with van der Waals surface area (Å²) >= 11 is 0. The first kappa shape index (κ1) is 23.2. The maximum absolute atomic E-state index is 13.9. The van der Waals surface area contributed by atoms with E-state index < -0.39 is 0 Å². The second-order valence-corrected chi connectivity index (χ2v) is 6.98. The molecule has 28 heavy (non-hydrogen) atoms. The first-order chi connectivity index (χ1) is 13.2. The van der Waals surface area contributed by atoms with Crippen molar-refractivity contribution in [3.05, 3.63) is 29.1 Å². The predicted molar refractivity (Wildman–Crippen MR) is 120 cm³/mol. The highest BCUT2D eigenvalue weighted by Gasteiger charge is 2.22. The van der Waals surface area contributed by atoms with Gasteiger partial charge in [0.15, 0.2) is 12.8 Å². The van der Waals surface area contributed by atoms with Crippen molar-refractivity contribution < 1.29 is 13.9 Å². The molecule has 8 heteroatoms. The minimum absolute atomic E-state index is 0. The highest BCUT2D eigenvalue weighted by molar-refractivity contribution is 14.0. The normalized spacial score (nSPS) is 19.5. The molecule has 2 aliphatic heterocycles. The highest BCUT2D eigenvalue weighted by atomic mass is 127. The summed E-state index contributed by atoms with van der Waals surface area (Å²) in [5, 5.41) is 6.66. The van der Waals surface area contributed by atoms with E-state index >= 15 is 0 Å². The third kappa shape index (κ3) is 6.18. The number of nitrogens with one attached hydrogen (secondary N) is 2. The molecule has 1 saturated heterocycles. The van der Waals surface area contributed by atoms with Crippen LogP contribution in [0.1, 0.15) is 37.8 Å². The van der Waals surface area contributed by atoms with Gasteiger partial charge >= 0.3 is 0 Å². The minimum Gasteiger partial charge on any atom is -0.467 e. The summed E-state index contributed by atoms with van der Waals surface area (Å²) in [5.41, 5.74) is 1.64. The van der Waals surface area contributed by atoms with Crippen LogP contribution in [-0.2, 0) is 17.8 Å². The molecule has 1 fully saturated rings. The van der Waals surface area contributed by atoms with Gasteiger partial charge in [-0.05, 0) is 57.0 Å². The molecule has 2 N–H and O–H groups in total. The van der Waals surface area contributed by atoms with E-state index in [4.69, 9.17) is 14.5 Å². The number of likely N-dealkylation sites (N-methyl/N-ethyl adjacent to an activating group) is 1. The molecule has 1 aromatic rings. The Balaban J connectivity index is 0.00000280. The lowest BCUT2D eigenvalue weighted by molar-refractivity contribution is -0.0172. The maximum Gasteiger partial charge on any atom is 0.191 e. The zero-order valence-electron chi connectivity index (χ0n) is 16.8. The lowest BCUT2D eigenvalue weighted by Crippen LogP contribution is -2.40. The summed E-state index contributed by atoms with van der Waals surface area (Å²) in [6, 6.07) is 3.57. The second-order valence-electron chi connectivity index (χ2n) is 6.98. The van der Waals surface area contributed by atoms with Crippen molar-refractivity contribution in [2.45, 2.75) is 45.8 Å². The van der Waals surface area contributed by atoms with E-state index in [2.05, 4.69) is 29.4 Å². The largest absolute Gasteiger partial charge is 0.467 e. The maximum atomic E-state index is 13.9. The van der Waals surface area contributed by atoms with Crippen molar-refractivity contribution in [3.8, 4) is 5.75 Å². The molecular weight excluding hydrogens is 474 g/mol. The molecule has 0 amide bonds. The first-order valence-corrected chi connectivity index (χ1v) is 9.99. The van der Waals surface area contributed by atoms with Crippen LogP contribution in [0.15, 0.2) is 17.1 Å². The van der Waals surface area contributed by atoms with Gasteiger partial charge in [0.2, 0.25) is 0 Å². The van der Waals surface area contributed by atoms with Crippen LogP contribution < -0.4 is 15.4 Å². The molecule has 0 radical (unpaired) electrons. The average Bonchev–Trinajstić information content (AvgIpc) is 3.13. The van der Waals surface area contributed by atoms with Gasteiger partial charge in [-0.25, -0.2) is 4.39 Å². The van der Waals surface area contributed by atoms with E-state index in [-0.39, 0.29) is 36.6 Å². The lowest BCUT2D eigenvalue weighted by Gasteiger charge is -2.22. The number of benzene rings is 1. The fourth-order valence-corrected chi connectivity index (χ4v) is 3.81. The molecule has 0 aromatic heterocycles. The number of likely N-dealkylation sites (tertiary alicyclic amines) is 1. The minimum atomic E-state index is -0.251. The van der Waals surface area contributed by atoms with Crippen molar-refractivity contribution in [3.63, 3.8) is 0 Å². The standard InChI is InChI=1S/C20H31FN4O2.HI/c1-3-22-20(24-12-18-6-5-9-25(18)4-2)23-8-7-15-10-17(21)11-16-13-26-14-27-19(15)16;/h10-11,18H,3-9,12-14H2,1-2H3,(H2,22,23,24);1H. The highest BCUT2D eigenvalue weighted by Crippen LogP contribution is 2.29. The zero-order valence-corrected chi connectivity index (χ0v) is 19.1. The number of rotatable bonds is 7. The third-order valence-electron chi connectivity index (χ3n) is 5.15. The quantitative estimate of drug-likeness (QED) is 0.339. The van der Waals surface area contributed by atoms with Crippen molar-refractivity contribution in [1.82, 2.24) is 15.5 Å². The van der Waals surface area contributed by atoms with Crippen LogP contribution in [0, 0.1) is 5.82 Å². The molecule has 158 valence electrons. The van der Waals surface area contributed by atoms with Crippen molar-refractivity contribution >= 4 is 29.9 Å². The van der Waals surface area contributed by atoms with Crippen LogP contribution in [0.2, 0.25) is 0 Å². The summed E-state index contributed by atoms with van der Waals surface area (Å²) in [6.45, 7) is 9.41. The molecule has 2 aliphatic rings. The second kappa shape index (κ2) is 11.8. The van der Waals surface area contributed by atoms with Gasteiger partial charge in [0.25, 0.3) is 0 Å². The Bertz CT molecular complexity index is 659. The van der Waals surface area contributed by atoms with Gasteiger partial charge in [-0.15, -0.1) is 24.0 Å². The number of aliphatic imine (C=N–C) groups is 1. The Morgan fingerprint density at radius 3 is 2.96 bits per heavy atom. The van der Waals surface area contributed by atoms with Crippen LogP contribution in [-0.4, -0.2) is 56.4 Å². The van der Waals surface area contributed by atoms with Crippen LogP contribution in [0.4, 0.5) is 4.39 Å². The van der Waals surface area contributed by atoms with E-state index in [1.165, 1.54) is 25.5 Å². The predicted octanol–water partition coefficient (Wildman–Crippen LogP) is 2.89. The van der Waals surface area contributed by atoms with Gasteiger partial charge in [0.05, 0.1) is 13.2 Å². The van der Waals surface area contributed by atoms with Crippen LogP contribution in [0.5, 0.6) is 5.75 Å². The smallest absolute Gasteiger partial charge is 0.191 e. The van der Waals surface area contributed by atoms with Gasteiger partial charge in [0.1, 0.15) is 11.6 Å². The van der Waals surface area contributed by atoms with E-state index in [1.54, 1.807) is 6.07 Å². The number of ether oxygens (including phenoxy) is 2. The van der Waals surface area contributed by atoms with Crippen molar-refractivity contribution in [2.24, 2.45) is 4.99 Å². The molecule has 1 aromatic carbocycles. The monoisotopic (exact) mass is 506 g/mol. The summed E-state index contributed by atoms with van der Waals surface area (Å²) in [4.78, 5) is 7.25. The Morgan fingerprint density at radius 2 is 2.18 bits per heavy atom. The van der Waals surface area contributed by atoms with Crippen molar-refractivity contribution in [2.75, 3.05) is 39.5 Å². The van der Waals surface area contributed by atoms with Gasteiger partial charge in [-0.3, -0.25) is 9.89 Å². The fourth-order valence-electron chi connectivity index (χ4n) is 3.81. The Kier molecular flexibility index (Phi) is 9.73. The van der Waals surface area contributed by atoms with E-state index in [1.807, 2.05) is 0 Å². The molecule has 0 spiro atoms. The van der Waals surface area contributed by atoms with Gasteiger partial charge in [-0.2, -0.15) is 0 Å². The summed E-state index contributed by atoms with van der Waals surface area (Å²) in [7, 11) is 0. The van der Waals surface area contributed by atoms with Gasteiger partial charge < -0.3 is 20.1 Å². The van der Waals surface area contributed by atoms with E-state index in [0.29, 0.717) is 25.6 Å². The summed E-state index contributed by atoms with van der Waals surface area (Å²) in [6.07, 6.45) is 3.13. The molecule has 0 aliphatic carbocycles. The fraction of sp³-hybridized carbons (Fsp3) is 0.650. The number of nitrogens with zero attached hydrogens (tertiary/aromatic N) is 2. The number of hydrogen-bond acceptors (Lipinski definition) is 4. The molecule has 2 heterocycles. The summed E-state index contributed by atoms with van der Waals surface area (Å²) in [5.74, 6) is 1.32. The van der Waals surface area contributed by atoms with Gasteiger partial charge in [-0.1, -0.05) is 6.92 Å².